The number of ether oxygens (including phenoxy) is 1. The summed E-state index contributed by atoms with van der Waals surface area (Å²) in [6, 6.07) is 6.01. The van der Waals surface area contributed by atoms with Crippen molar-refractivity contribution >= 4 is 17.5 Å². The van der Waals surface area contributed by atoms with Crippen LogP contribution in [-0.4, -0.2) is 25.1 Å². The fourth-order valence-electron chi connectivity index (χ4n) is 1.92. The number of rotatable bonds is 8. The van der Waals surface area contributed by atoms with Crippen LogP contribution in [0.25, 0.3) is 0 Å². The zero-order chi connectivity index (χ0) is 15.2. The third-order valence-corrected chi connectivity index (χ3v) is 3.47. The number of hydrogen-bond donors (Lipinski definition) is 2. The number of halogens is 1. The molecule has 0 unspecified atom stereocenters. The van der Waals surface area contributed by atoms with Gasteiger partial charge >= 0.3 is 0 Å². The number of carbonyl (C=O) groups excluding carboxylic acids is 1. The van der Waals surface area contributed by atoms with Gasteiger partial charge in [0.25, 0.3) is 5.91 Å². The number of hydrogen-bond acceptors (Lipinski definition) is 3. The van der Waals surface area contributed by atoms with E-state index >= 15 is 0 Å². The first-order valence-corrected chi connectivity index (χ1v) is 7.83. The Kier molecular flexibility index (Phi) is 5.88. The van der Waals surface area contributed by atoms with Crippen LogP contribution < -0.4 is 15.4 Å². The van der Waals surface area contributed by atoms with E-state index in [4.69, 9.17) is 16.3 Å². The minimum absolute atomic E-state index is 0.0150. The van der Waals surface area contributed by atoms with Gasteiger partial charge in [0.15, 0.2) is 6.61 Å². The molecule has 1 amide bonds. The Hall–Kier alpha value is -1.26. The van der Waals surface area contributed by atoms with Crippen molar-refractivity contribution in [3.63, 3.8) is 0 Å². The van der Waals surface area contributed by atoms with Crippen LogP contribution in [0, 0.1) is 5.92 Å². The Balaban J connectivity index is 1.79. The number of amides is 1. The van der Waals surface area contributed by atoms with Gasteiger partial charge in [0.05, 0.1) is 5.02 Å². The largest absolute Gasteiger partial charge is 0.482 e. The minimum Gasteiger partial charge on any atom is -0.482 e. The molecule has 116 valence electrons. The topological polar surface area (TPSA) is 50.4 Å². The molecule has 0 atom stereocenters. The van der Waals surface area contributed by atoms with Crippen LogP contribution >= 0.6 is 11.6 Å². The summed E-state index contributed by atoms with van der Waals surface area (Å²) in [6.07, 6.45) is 2.15. The van der Waals surface area contributed by atoms with Crippen LogP contribution in [-0.2, 0) is 11.3 Å². The summed E-state index contributed by atoms with van der Waals surface area (Å²) >= 11 is 6.19. The zero-order valence-electron chi connectivity index (χ0n) is 12.6. The van der Waals surface area contributed by atoms with Gasteiger partial charge in [0, 0.05) is 12.6 Å². The lowest BCUT2D eigenvalue weighted by Crippen LogP contribution is -2.30. The summed E-state index contributed by atoms with van der Waals surface area (Å²) in [6.45, 7) is 6.10. The van der Waals surface area contributed by atoms with Gasteiger partial charge in [-0.1, -0.05) is 31.5 Å². The third kappa shape index (κ3) is 5.94. The van der Waals surface area contributed by atoms with Crippen molar-refractivity contribution < 1.29 is 9.53 Å². The Morgan fingerprint density at radius 2 is 2.19 bits per heavy atom. The minimum atomic E-state index is -0.0868. The van der Waals surface area contributed by atoms with E-state index in [0.717, 1.165) is 31.5 Å². The summed E-state index contributed by atoms with van der Waals surface area (Å²) in [5, 5.41) is 6.78. The molecule has 5 heteroatoms. The van der Waals surface area contributed by atoms with Gasteiger partial charge < -0.3 is 15.4 Å². The summed E-state index contributed by atoms with van der Waals surface area (Å²) in [7, 11) is 0. The molecule has 1 aliphatic carbocycles. The lowest BCUT2D eigenvalue weighted by molar-refractivity contribution is -0.123. The molecule has 0 radical (unpaired) electrons. The maximum absolute atomic E-state index is 11.6. The average Bonchev–Trinajstić information content (AvgIpc) is 3.21. The predicted octanol–water partition coefficient (Wildman–Crippen LogP) is 2.74. The molecular formula is C16H23ClN2O2. The van der Waals surface area contributed by atoms with Crippen LogP contribution in [0.1, 0.15) is 32.3 Å². The third-order valence-electron chi connectivity index (χ3n) is 3.18. The van der Waals surface area contributed by atoms with Crippen LogP contribution in [0.15, 0.2) is 18.2 Å². The van der Waals surface area contributed by atoms with Gasteiger partial charge in [-0.3, -0.25) is 4.79 Å². The van der Waals surface area contributed by atoms with Crippen LogP contribution in [0.2, 0.25) is 5.02 Å². The molecule has 21 heavy (non-hydrogen) atoms. The highest BCUT2D eigenvalue weighted by molar-refractivity contribution is 6.32. The van der Waals surface area contributed by atoms with E-state index in [1.807, 2.05) is 18.2 Å². The molecule has 1 aliphatic rings. The van der Waals surface area contributed by atoms with E-state index in [9.17, 15) is 4.79 Å². The second-order valence-electron chi connectivity index (χ2n) is 5.92. The smallest absolute Gasteiger partial charge is 0.258 e. The van der Waals surface area contributed by atoms with Gasteiger partial charge in [-0.15, -0.1) is 0 Å². The van der Waals surface area contributed by atoms with E-state index in [0.29, 0.717) is 22.7 Å². The van der Waals surface area contributed by atoms with Gasteiger partial charge in [-0.25, -0.2) is 0 Å². The first-order valence-electron chi connectivity index (χ1n) is 7.46. The highest BCUT2D eigenvalue weighted by atomic mass is 35.5. The van der Waals surface area contributed by atoms with E-state index in [1.165, 1.54) is 0 Å². The lowest BCUT2D eigenvalue weighted by atomic mass is 10.2. The highest BCUT2D eigenvalue weighted by Gasteiger charge is 2.23. The summed E-state index contributed by atoms with van der Waals surface area (Å²) in [5.41, 5.74) is 1.11. The maximum atomic E-state index is 11.6. The Bertz CT molecular complexity index is 487. The fraction of sp³-hybridized carbons (Fsp3) is 0.562. The van der Waals surface area contributed by atoms with Gasteiger partial charge in [-0.05, 0) is 43.0 Å². The SMILES string of the molecule is CC(C)CNCc1ccc(OCC(=O)NC2CC2)c(Cl)c1. The van der Waals surface area contributed by atoms with E-state index in [1.54, 1.807) is 0 Å². The molecule has 0 bridgehead atoms. The summed E-state index contributed by atoms with van der Waals surface area (Å²) in [5.74, 6) is 1.08. The highest BCUT2D eigenvalue weighted by Crippen LogP contribution is 2.25. The van der Waals surface area contributed by atoms with E-state index in [-0.39, 0.29) is 12.5 Å². The quantitative estimate of drug-likeness (QED) is 0.776. The zero-order valence-corrected chi connectivity index (χ0v) is 13.4. The molecule has 0 aromatic heterocycles. The Labute approximate surface area is 131 Å². The molecule has 4 nitrogen and oxygen atoms in total. The fourth-order valence-corrected chi connectivity index (χ4v) is 2.17. The number of benzene rings is 1. The van der Waals surface area contributed by atoms with Crippen LogP contribution in [0.5, 0.6) is 5.75 Å². The number of carbonyl (C=O) groups is 1. The lowest BCUT2D eigenvalue weighted by Gasteiger charge is -2.11. The van der Waals surface area contributed by atoms with Crippen molar-refractivity contribution in [3.05, 3.63) is 28.8 Å². The van der Waals surface area contributed by atoms with Crippen molar-refractivity contribution in [1.82, 2.24) is 10.6 Å². The van der Waals surface area contributed by atoms with Gasteiger partial charge in [0.1, 0.15) is 5.75 Å². The van der Waals surface area contributed by atoms with Gasteiger partial charge in [-0.2, -0.15) is 0 Å². The monoisotopic (exact) mass is 310 g/mol. The van der Waals surface area contributed by atoms with E-state index < -0.39 is 0 Å². The van der Waals surface area contributed by atoms with Crippen molar-refractivity contribution in [1.29, 1.82) is 0 Å². The predicted molar refractivity (Wildman–Crippen MR) is 84.7 cm³/mol. The standard InChI is InChI=1S/C16H23ClN2O2/c1-11(2)8-18-9-12-3-6-15(14(17)7-12)21-10-16(20)19-13-4-5-13/h3,6-7,11,13,18H,4-5,8-10H2,1-2H3,(H,19,20). The average molecular weight is 311 g/mol. The van der Waals surface area contributed by atoms with Crippen molar-refractivity contribution in [2.24, 2.45) is 5.92 Å². The normalized spacial score (nSPS) is 14.3. The Morgan fingerprint density at radius 1 is 1.43 bits per heavy atom. The van der Waals surface area contributed by atoms with Crippen molar-refractivity contribution in [3.8, 4) is 5.75 Å². The number of nitrogens with one attached hydrogen (secondary N) is 2. The maximum Gasteiger partial charge on any atom is 0.258 e. The molecule has 0 saturated heterocycles. The second kappa shape index (κ2) is 7.66. The van der Waals surface area contributed by atoms with Crippen molar-refractivity contribution in [2.75, 3.05) is 13.2 Å². The molecule has 0 aliphatic heterocycles. The van der Waals surface area contributed by atoms with Gasteiger partial charge in [0.2, 0.25) is 0 Å². The second-order valence-corrected chi connectivity index (χ2v) is 6.33. The molecule has 2 N–H and O–H groups in total. The first-order chi connectivity index (χ1) is 10.0. The molecule has 0 spiro atoms. The van der Waals surface area contributed by atoms with Crippen LogP contribution in [0.4, 0.5) is 0 Å². The molecule has 1 aromatic carbocycles. The molecule has 2 rings (SSSR count). The molecule has 0 heterocycles. The molecule has 1 aromatic rings. The molecule has 1 saturated carbocycles. The summed E-state index contributed by atoms with van der Waals surface area (Å²) < 4.78 is 5.46. The molecule has 1 fully saturated rings. The summed E-state index contributed by atoms with van der Waals surface area (Å²) in [4.78, 5) is 11.6. The van der Waals surface area contributed by atoms with Crippen molar-refractivity contribution in [2.45, 2.75) is 39.3 Å². The first kappa shape index (κ1) is 16.1. The van der Waals surface area contributed by atoms with Crippen LogP contribution in [0.3, 0.4) is 0 Å². The molecular weight excluding hydrogens is 288 g/mol. The Morgan fingerprint density at radius 3 is 2.81 bits per heavy atom. The van der Waals surface area contributed by atoms with E-state index in [2.05, 4.69) is 24.5 Å².